The van der Waals surface area contributed by atoms with E-state index in [4.69, 9.17) is 9.47 Å². The zero-order valence-corrected chi connectivity index (χ0v) is 26.0. The molecular formula is C32H41N3O6S. The second-order valence-corrected chi connectivity index (χ2v) is 12.0. The van der Waals surface area contributed by atoms with Gasteiger partial charge in [0.1, 0.15) is 24.1 Å². The Morgan fingerprint density at radius 2 is 1.57 bits per heavy atom. The second-order valence-electron chi connectivity index (χ2n) is 10.1. The Balaban J connectivity index is 2.13. The van der Waals surface area contributed by atoms with Crippen molar-refractivity contribution in [1.29, 1.82) is 0 Å². The molecule has 0 aliphatic rings. The van der Waals surface area contributed by atoms with Crippen LogP contribution in [0.25, 0.3) is 0 Å². The first-order chi connectivity index (χ1) is 20.0. The van der Waals surface area contributed by atoms with Crippen molar-refractivity contribution in [3.63, 3.8) is 0 Å². The van der Waals surface area contributed by atoms with Crippen LogP contribution in [0.2, 0.25) is 0 Å². The number of nitrogens with one attached hydrogen (secondary N) is 1. The predicted octanol–water partition coefficient (Wildman–Crippen LogP) is 4.93. The van der Waals surface area contributed by atoms with Gasteiger partial charge in [-0.3, -0.25) is 13.9 Å². The molecule has 1 N–H and O–H groups in total. The number of ether oxygens (including phenoxy) is 2. The lowest BCUT2D eigenvalue weighted by Gasteiger charge is -2.34. The van der Waals surface area contributed by atoms with Crippen LogP contribution >= 0.6 is 0 Å². The molecule has 0 bridgehead atoms. The van der Waals surface area contributed by atoms with Crippen molar-refractivity contribution in [2.75, 3.05) is 25.1 Å². The Kier molecular flexibility index (Phi) is 11.4. The van der Waals surface area contributed by atoms with Gasteiger partial charge >= 0.3 is 0 Å². The lowest BCUT2D eigenvalue weighted by atomic mass is 10.1. The third kappa shape index (κ3) is 7.82. The molecule has 0 aliphatic heterocycles. The Hall–Kier alpha value is -4.05. The van der Waals surface area contributed by atoms with Gasteiger partial charge in [0.05, 0.1) is 24.8 Å². The van der Waals surface area contributed by atoms with Gasteiger partial charge in [0.15, 0.2) is 0 Å². The minimum absolute atomic E-state index is 0.00862. The van der Waals surface area contributed by atoms with Crippen LogP contribution in [0.5, 0.6) is 11.5 Å². The number of amides is 2. The molecule has 9 nitrogen and oxygen atoms in total. The average molecular weight is 596 g/mol. The first-order valence-electron chi connectivity index (χ1n) is 14.0. The molecule has 42 heavy (non-hydrogen) atoms. The predicted molar refractivity (Wildman–Crippen MR) is 164 cm³/mol. The highest BCUT2D eigenvalue weighted by molar-refractivity contribution is 7.92. The fourth-order valence-electron chi connectivity index (χ4n) is 4.48. The molecule has 0 spiro atoms. The van der Waals surface area contributed by atoms with Gasteiger partial charge in [0.25, 0.3) is 10.0 Å². The number of carbonyl (C=O) groups is 2. The lowest BCUT2D eigenvalue weighted by Crippen LogP contribution is -2.53. The molecule has 2 amide bonds. The van der Waals surface area contributed by atoms with E-state index in [0.29, 0.717) is 12.2 Å². The number of hydrogen-bond acceptors (Lipinski definition) is 6. The van der Waals surface area contributed by atoms with Gasteiger partial charge in [0.2, 0.25) is 11.8 Å². The first kappa shape index (κ1) is 32.5. The maximum atomic E-state index is 14.3. The summed E-state index contributed by atoms with van der Waals surface area (Å²) in [6, 6.07) is 19.4. The van der Waals surface area contributed by atoms with Crippen molar-refractivity contribution >= 4 is 27.5 Å². The molecule has 2 atom stereocenters. The molecule has 0 saturated carbocycles. The summed E-state index contributed by atoms with van der Waals surface area (Å²) in [5.41, 5.74) is 2.02. The number of benzene rings is 3. The van der Waals surface area contributed by atoms with Gasteiger partial charge in [-0.25, -0.2) is 8.42 Å². The molecule has 3 aromatic rings. The highest BCUT2D eigenvalue weighted by atomic mass is 32.2. The Labute approximate surface area is 249 Å². The summed E-state index contributed by atoms with van der Waals surface area (Å²) in [6.07, 6.45) is 1.07. The summed E-state index contributed by atoms with van der Waals surface area (Å²) in [4.78, 5) is 29.1. The van der Waals surface area contributed by atoms with E-state index in [1.54, 1.807) is 30.3 Å². The van der Waals surface area contributed by atoms with Crippen LogP contribution in [0.15, 0.2) is 77.7 Å². The van der Waals surface area contributed by atoms with Crippen LogP contribution < -0.4 is 19.1 Å². The Bertz CT molecular complexity index is 1440. The topological polar surface area (TPSA) is 105 Å². The van der Waals surface area contributed by atoms with E-state index in [9.17, 15) is 18.0 Å². The largest absolute Gasteiger partial charge is 0.497 e. The fourth-order valence-corrected chi connectivity index (χ4v) is 5.91. The standard InChI is InChI=1S/C32H41N3O6S/c1-7-24(4)33-32(37)28(8-2)34(21-25-16-14-23(3)15-17-25)31(36)22-35(42(38,39)27-12-10-9-11-13-27)29-20-26(40-5)18-19-30(29)41-6/h9-20,24,28H,7-8,21-22H2,1-6H3,(H,33,37)/t24-,28+/m1/s1. The summed E-state index contributed by atoms with van der Waals surface area (Å²) in [7, 11) is -1.35. The Morgan fingerprint density at radius 3 is 2.14 bits per heavy atom. The highest BCUT2D eigenvalue weighted by Crippen LogP contribution is 2.36. The number of carbonyl (C=O) groups excluding carboxylic acids is 2. The van der Waals surface area contributed by atoms with Crippen molar-refractivity contribution in [3.8, 4) is 11.5 Å². The van der Waals surface area contributed by atoms with Crippen molar-refractivity contribution in [2.24, 2.45) is 0 Å². The molecule has 0 unspecified atom stereocenters. The maximum absolute atomic E-state index is 14.3. The number of rotatable bonds is 14. The average Bonchev–Trinajstić information content (AvgIpc) is 3.00. The van der Waals surface area contributed by atoms with E-state index in [2.05, 4.69) is 5.32 Å². The van der Waals surface area contributed by atoms with E-state index in [0.717, 1.165) is 21.9 Å². The van der Waals surface area contributed by atoms with Crippen molar-refractivity contribution in [1.82, 2.24) is 10.2 Å². The smallest absolute Gasteiger partial charge is 0.264 e. The third-order valence-electron chi connectivity index (χ3n) is 7.13. The minimum Gasteiger partial charge on any atom is -0.497 e. The van der Waals surface area contributed by atoms with Crippen LogP contribution in [0, 0.1) is 6.92 Å². The maximum Gasteiger partial charge on any atom is 0.264 e. The number of sulfonamides is 1. The highest BCUT2D eigenvalue weighted by Gasteiger charge is 2.35. The fraction of sp³-hybridized carbons (Fsp3) is 0.375. The van der Waals surface area contributed by atoms with Crippen LogP contribution in [0.1, 0.15) is 44.7 Å². The molecule has 0 heterocycles. The van der Waals surface area contributed by atoms with Crippen LogP contribution in [-0.2, 0) is 26.2 Å². The molecule has 0 fully saturated rings. The van der Waals surface area contributed by atoms with Crippen LogP contribution in [0.4, 0.5) is 5.69 Å². The molecule has 0 saturated heterocycles. The van der Waals surface area contributed by atoms with Crippen molar-refractivity contribution < 1.29 is 27.5 Å². The van der Waals surface area contributed by atoms with Crippen molar-refractivity contribution in [2.45, 2.75) is 64.1 Å². The second kappa shape index (κ2) is 14.7. The number of methoxy groups -OCH3 is 2. The molecule has 0 aliphatic carbocycles. The minimum atomic E-state index is -4.24. The first-order valence-corrected chi connectivity index (χ1v) is 15.4. The number of anilines is 1. The van der Waals surface area contributed by atoms with Gasteiger partial charge in [-0.2, -0.15) is 0 Å². The monoisotopic (exact) mass is 595 g/mol. The molecular weight excluding hydrogens is 554 g/mol. The van der Waals surface area contributed by atoms with Gasteiger partial charge in [0, 0.05) is 18.7 Å². The molecule has 0 radical (unpaired) electrons. The zero-order chi connectivity index (χ0) is 30.9. The number of hydrogen-bond donors (Lipinski definition) is 1. The van der Waals surface area contributed by atoms with Gasteiger partial charge < -0.3 is 19.7 Å². The van der Waals surface area contributed by atoms with Gasteiger partial charge in [-0.15, -0.1) is 0 Å². The summed E-state index contributed by atoms with van der Waals surface area (Å²) < 4.78 is 40.1. The third-order valence-corrected chi connectivity index (χ3v) is 8.90. The molecule has 226 valence electrons. The van der Waals surface area contributed by atoms with Gasteiger partial charge in [-0.1, -0.05) is 61.9 Å². The normalized spacial score (nSPS) is 12.6. The summed E-state index contributed by atoms with van der Waals surface area (Å²) >= 11 is 0. The van der Waals surface area contributed by atoms with E-state index >= 15 is 0 Å². The van der Waals surface area contributed by atoms with E-state index < -0.39 is 28.5 Å². The molecule has 3 rings (SSSR count). The summed E-state index contributed by atoms with van der Waals surface area (Å²) in [5, 5.41) is 2.98. The zero-order valence-electron chi connectivity index (χ0n) is 25.2. The van der Waals surface area contributed by atoms with Crippen LogP contribution in [0.3, 0.4) is 0 Å². The Morgan fingerprint density at radius 1 is 0.905 bits per heavy atom. The van der Waals surface area contributed by atoms with Crippen molar-refractivity contribution in [3.05, 3.63) is 83.9 Å². The number of aryl methyl sites for hydroxylation is 1. The van der Waals surface area contributed by atoms with Crippen LogP contribution in [-0.4, -0.2) is 58.0 Å². The number of nitrogens with zero attached hydrogens (tertiary/aromatic N) is 2. The van der Waals surface area contributed by atoms with E-state index in [1.807, 2.05) is 52.0 Å². The van der Waals surface area contributed by atoms with Gasteiger partial charge in [-0.05, 0) is 56.5 Å². The molecule has 3 aromatic carbocycles. The van der Waals surface area contributed by atoms with E-state index in [1.165, 1.54) is 37.3 Å². The SMILES string of the molecule is CC[C@@H](C)NC(=O)[C@H](CC)N(Cc1ccc(C)cc1)C(=O)CN(c1cc(OC)ccc1OC)S(=O)(=O)c1ccccc1. The summed E-state index contributed by atoms with van der Waals surface area (Å²) in [5.74, 6) is -0.188. The van der Waals surface area contributed by atoms with E-state index in [-0.39, 0.29) is 34.8 Å². The molecule has 0 aromatic heterocycles. The molecule has 10 heteroatoms. The lowest BCUT2D eigenvalue weighted by molar-refractivity contribution is -0.140. The summed E-state index contributed by atoms with van der Waals surface area (Å²) in [6.45, 7) is 7.23. The quantitative estimate of drug-likeness (QED) is 0.283.